The molecule has 1 heterocycles. The van der Waals surface area contributed by atoms with E-state index in [1.807, 2.05) is 12.3 Å². The van der Waals surface area contributed by atoms with E-state index in [-0.39, 0.29) is 17.9 Å². The first-order chi connectivity index (χ1) is 9.10. The van der Waals surface area contributed by atoms with Gasteiger partial charge in [-0.1, -0.05) is 6.92 Å². The lowest BCUT2D eigenvalue weighted by atomic mass is 10.2. The summed E-state index contributed by atoms with van der Waals surface area (Å²) in [7, 11) is 0. The largest absolute Gasteiger partial charge is 0.486 e. The lowest BCUT2D eigenvalue weighted by molar-refractivity contribution is 0.0691. The summed E-state index contributed by atoms with van der Waals surface area (Å²) in [6.45, 7) is 2.17. The molecule has 100 valence electrons. The van der Waals surface area contributed by atoms with Crippen molar-refractivity contribution in [3.8, 4) is 5.75 Å². The molecule has 19 heavy (non-hydrogen) atoms. The van der Waals surface area contributed by atoms with Crippen LogP contribution in [0.15, 0.2) is 23.6 Å². The van der Waals surface area contributed by atoms with Gasteiger partial charge in [-0.3, -0.25) is 0 Å². The average Bonchev–Trinajstić information content (AvgIpc) is 2.85. The van der Waals surface area contributed by atoms with E-state index in [1.165, 1.54) is 23.5 Å². The summed E-state index contributed by atoms with van der Waals surface area (Å²) in [5, 5.41) is 11.8. The average molecular weight is 281 g/mol. The normalized spacial score (nSPS) is 10.4. The fourth-order valence-corrected chi connectivity index (χ4v) is 2.25. The minimum Gasteiger partial charge on any atom is -0.486 e. The molecule has 2 aromatic rings. The van der Waals surface area contributed by atoms with Crippen LogP contribution in [0.1, 0.15) is 28.0 Å². The van der Waals surface area contributed by atoms with Crippen LogP contribution in [0.4, 0.5) is 4.39 Å². The smallest absolute Gasteiger partial charge is 0.339 e. The molecule has 0 atom stereocenters. The second kappa shape index (κ2) is 5.79. The number of aromatic nitrogens is 1. The Bertz CT molecular complexity index is 597. The van der Waals surface area contributed by atoms with Crippen LogP contribution in [0.3, 0.4) is 0 Å². The topological polar surface area (TPSA) is 59.4 Å². The lowest BCUT2D eigenvalue weighted by Crippen LogP contribution is -2.04. The summed E-state index contributed by atoms with van der Waals surface area (Å²) in [4.78, 5) is 15.3. The molecule has 1 aromatic carbocycles. The SMILES string of the molecule is CCc1nc(COc2ccc(F)cc2C(=O)O)cs1. The Balaban J connectivity index is 2.12. The highest BCUT2D eigenvalue weighted by Gasteiger charge is 2.13. The number of carbonyl (C=O) groups is 1. The number of aryl methyl sites for hydroxylation is 1. The van der Waals surface area contributed by atoms with Gasteiger partial charge < -0.3 is 9.84 Å². The first-order valence-electron chi connectivity index (χ1n) is 5.69. The number of thiazole rings is 1. The summed E-state index contributed by atoms with van der Waals surface area (Å²) in [6, 6.07) is 3.42. The molecule has 0 amide bonds. The number of nitrogens with zero attached hydrogens (tertiary/aromatic N) is 1. The minimum absolute atomic E-state index is 0.139. The minimum atomic E-state index is -1.22. The molecule has 4 nitrogen and oxygen atoms in total. The van der Waals surface area contributed by atoms with Crippen molar-refractivity contribution in [3.63, 3.8) is 0 Å². The molecule has 2 rings (SSSR count). The molecule has 0 spiro atoms. The third kappa shape index (κ3) is 3.29. The van der Waals surface area contributed by atoms with Gasteiger partial charge in [-0.2, -0.15) is 0 Å². The molecule has 0 aliphatic heterocycles. The van der Waals surface area contributed by atoms with Crippen LogP contribution in [-0.2, 0) is 13.0 Å². The molecule has 0 aliphatic rings. The molecular formula is C13H12FNO3S. The van der Waals surface area contributed by atoms with E-state index < -0.39 is 11.8 Å². The second-order valence-electron chi connectivity index (χ2n) is 3.82. The van der Waals surface area contributed by atoms with Gasteiger partial charge in [0, 0.05) is 5.38 Å². The Hall–Kier alpha value is -1.95. The molecule has 0 fully saturated rings. The molecule has 1 N–H and O–H groups in total. The molecule has 1 aromatic heterocycles. The zero-order valence-electron chi connectivity index (χ0n) is 10.2. The number of carboxylic acid groups (broad SMARTS) is 1. The Labute approximate surface area is 113 Å². The Kier molecular flexibility index (Phi) is 4.11. The van der Waals surface area contributed by atoms with Gasteiger partial charge >= 0.3 is 5.97 Å². The summed E-state index contributed by atoms with van der Waals surface area (Å²) >= 11 is 1.53. The van der Waals surface area contributed by atoms with Crippen molar-refractivity contribution in [2.75, 3.05) is 0 Å². The first kappa shape index (κ1) is 13.5. The molecule has 6 heteroatoms. The highest BCUT2D eigenvalue weighted by atomic mass is 32.1. The van der Waals surface area contributed by atoms with Crippen LogP contribution in [0.25, 0.3) is 0 Å². The Morgan fingerprint density at radius 2 is 2.32 bits per heavy atom. The predicted octanol–water partition coefficient (Wildman–Crippen LogP) is 3.12. The van der Waals surface area contributed by atoms with Crippen LogP contribution >= 0.6 is 11.3 Å². The van der Waals surface area contributed by atoms with Crippen molar-refractivity contribution in [2.45, 2.75) is 20.0 Å². The van der Waals surface area contributed by atoms with E-state index in [2.05, 4.69) is 4.98 Å². The quantitative estimate of drug-likeness (QED) is 0.914. The summed E-state index contributed by atoms with van der Waals surface area (Å²) in [5.41, 5.74) is 0.549. The maximum Gasteiger partial charge on any atom is 0.339 e. The number of carboxylic acids is 1. The first-order valence-corrected chi connectivity index (χ1v) is 6.57. The van der Waals surface area contributed by atoms with E-state index in [0.29, 0.717) is 0 Å². The Morgan fingerprint density at radius 1 is 1.53 bits per heavy atom. The standard InChI is InChI=1S/C13H12FNO3S/c1-2-12-15-9(7-19-12)6-18-11-4-3-8(14)5-10(11)13(16)17/h3-5,7H,2,6H2,1H3,(H,16,17). The van der Waals surface area contributed by atoms with E-state index >= 15 is 0 Å². The zero-order valence-corrected chi connectivity index (χ0v) is 11.0. The lowest BCUT2D eigenvalue weighted by Gasteiger charge is -2.07. The molecule has 0 unspecified atom stereocenters. The maximum absolute atomic E-state index is 13.0. The van der Waals surface area contributed by atoms with Crippen molar-refractivity contribution >= 4 is 17.3 Å². The number of aromatic carboxylic acids is 1. The van der Waals surface area contributed by atoms with E-state index in [0.717, 1.165) is 23.2 Å². The molecule has 0 aliphatic carbocycles. The second-order valence-corrected chi connectivity index (χ2v) is 4.76. The number of hydrogen-bond acceptors (Lipinski definition) is 4. The number of halogens is 1. The number of ether oxygens (including phenoxy) is 1. The monoisotopic (exact) mass is 281 g/mol. The van der Waals surface area contributed by atoms with Gasteiger partial charge in [0.05, 0.1) is 10.7 Å². The van der Waals surface area contributed by atoms with Gasteiger partial charge in [0.2, 0.25) is 0 Å². The van der Waals surface area contributed by atoms with Gasteiger partial charge in [0.25, 0.3) is 0 Å². The fourth-order valence-electron chi connectivity index (χ4n) is 1.52. The van der Waals surface area contributed by atoms with Crippen LogP contribution in [0.2, 0.25) is 0 Å². The number of hydrogen-bond donors (Lipinski definition) is 1. The van der Waals surface area contributed by atoms with Gasteiger partial charge in [0.1, 0.15) is 23.7 Å². The highest BCUT2D eigenvalue weighted by Crippen LogP contribution is 2.21. The van der Waals surface area contributed by atoms with Crippen LogP contribution in [-0.4, -0.2) is 16.1 Å². The van der Waals surface area contributed by atoms with E-state index in [4.69, 9.17) is 9.84 Å². The van der Waals surface area contributed by atoms with Crippen LogP contribution in [0.5, 0.6) is 5.75 Å². The van der Waals surface area contributed by atoms with Gasteiger partial charge in [0.15, 0.2) is 0 Å². The molecule has 0 bridgehead atoms. The molecule has 0 saturated heterocycles. The van der Waals surface area contributed by atoms with E-state index in [9.17, 15) is 9.18 Å². The van der Waals surface area contributed by atoms with Crippen LogP contribution < -0.4 is 4.74 Å². The Morgan fingerprint density at radius 3 is 2.95 bits per heavy atom. The van der Waals surface area contributed by atoms with E-state index in [1.54, 1.807) is 0 Å². The third-order valence-corrected chi connectivity index (χ3v) is 3.49. The fraction of sp³-hybridized carbons (Fsp3) is 0.231. The predicted molar refractivity (Wildman–Crippen MR) is 69.2 cm³/mol. The van der Waals surface area contributed by atoms with Crippen molar-refractivity contribution in [3.05, 3.63) is 45.7 Å². The highest BCUT2D eigenvalue weighted by molar-refractivity contribution is 7.09. The molecular weight excluding hydrogens is 269 g/mol. The van der Waals surface area contributed by atoms with Crippen molar-refractivity contribution in [1.82, 2.24) is 4.98 Å². The summed E-state index contributed by atoms with van der Waals surface area (Å²) < 4.78 is 18.4. The van der Waals surface area contributed by atoms with Crippen LogP contribution in [0, 0.1) is 5.82 Å². The van der Waals surface area contributed by atoms with Crippen molar-refractivity contribution in [1.29, 1.82) is 0 Å². The number of benzene rings is 1. The number of rotatable bonds is 5. The zero-order chi connectivity index (χ0) is 13.8. The van der Waals surface area contributed by atoms with Crippen molar-refractivity contribution in [2.24, 2.45) is 0 Å². The van der Waals surface area contributed by atoms with Gasteiger partial charge in [-0.25, -0.2) is 14.2 Å². The summed E-state index contributed by atoms with van der Waals surface area (Å²) in [5.74, 6) is -1.69. The molecule has 0 radical (unpaired) electrons. The maximum atomic E-state index is 13.0. The summed E-state index contributed by atoms with van der Waals surface area (Å²) in [6.07, 6.45) is 0.849. The van der Waals surface area contributed by atoms with Gasteiger partial charge in [-0.05, 0) is 24.6 Å². The third-order valence-electron chi connectivity index (χ3n) is 2.45. The molecule has 0 saturated carbocycles. The van der Waals surface area contributed by atoms with Crippen molar-refractivity contribution < 1.29 is 19.0 Å². The van der Waals surface area contributed by atoms with Gasteiger partial charge in [-0.15, -0.1) is 11.3 Å².